The summed E-state index contributed by atoms with van der Waals surface area (Å²) >= 11 is 2.24. The van der Waals surface area contributed by atoms with Gasteiger partial charge in [0.1, 0.15) is 11.6 Å². The van der Waals surface area contributed by atoms with E-state index in [1.807, 2.05) is 43.3 Å². The third-order valence-corrected chi connectivity index (χ3v) is 3.97. The highest BCUT2D eigenvalue weighted by Gasteiger charge is 2.12. The van der Waals surface area contributed by atoms with E-state index in [-0.39, 0.29) is 17.7 Å². The van der Waals surface area contributed by atoms with Crippen molar-refractivity contribution in [1.29, 1.82) is 5.26 Å². The minimum atomic E-state index is -0.261. The molecule has 0 spiro atoms. The summed E-state index contributed by atoms with van der Waals surface area (Å²) in [5.74, 6) is 0. The number of nitriles is 1. The summed E-state index contributed by atoms with van der Waals surface area (Å²) in [6, 6.07) is 11.8. The monoisotopic (exact) mass is 394 g/mol. The van der Waals surface area contributed by atoms with E-state index in [0.717, 1.165) is 14.8 Å². The van der Waals surface area contributed by atoms with Gasteiger partial charge in [0.05, 0.1) is 13.2 Å². The number of benzene rings is 1. The van der Waals surface area contributed by atoms with Crippen LogP contribution in [0.5, 0.6) is 0 Å². The first-order chi connectivity index (χ1) is 10.1. The Morgan fingerprint density at radius 3 is 2.57 bits per heavy atom. The average molecular weight is 394 g/mol. The average Bonchev–Trinajstić information content (AvgIpc) is 2.46. The first kappa shape index (κ1) is 15.7. The predicted molar refractivity (Wildman–Crippen MR) is 89.1 cm³/mol. The van der Waals surface area contributed by atoms with Gasteiger partial charge in [-0.1, -0.05) is 12.1 Å². The molecule has 4 nitrogen and oxygen atoms in total. The van der Waals surface area contributed by atoms with Crippen LogP contribution in [-0.2, 0) is 17.9 Å². The Hall–Kier alpha value is -1.65. The minimum Gasteiger partial charge on any atom is -0.380 e. The van der Waals surface area contributed by atoms with Crippen LogP contribution in [-0.4, -0.2) is 11.7 Å². The number of aromatic nitrogens is 1. The van der Waals surface area contributed by atoms with E-state index in [9.17, 15) is 10.1 Å². The summed E-state index contributed by atoms with van der Waals surface area (Å²) in [6.45, 7) is 2.60. The zero-order valence-electron chi connectivity index (χ0n) is 11.9. The number of hydrogen-bond acceptors (Lipinski definition) is 3. The Bertz CT molecular complexity index is 743. The first-order valence-electron chi connectivity index (χ1n) is 6.43. The molecular weight excluding hydrogens is 379 g/mol. The maximum Gasteiger partial charge on any atom is 0.269 e. The molecule has 1 aromatic heterocycles. The topological polar surface area (TPSA) is 55.0 Å². The van der Waals surface area contributed by atoms with Crippen molar-refractivity contribution in [3.8, 4) is 6.07 Å². The summed E-state index contributed by atoms with van der Waals surface area (Å²) in [5, 5.41) is 9.22. The second-order valence-electron chi connectivity index (χ2n) is 4.75. The highest BCUT2D eigenvalue weighted by Crippen LogP contribution is 2.12. The van der Waals surface area contributed by atoms with E-state index in [4.69, 9.17) is 4.74 Å². The molecule has 0 aliphatic carbocycles. The Balaban J connectivity index is 2.47. The molecule has 1 heterocycles. The van der Waals surface area contributed by atoms with Gasteiger partial charge in [0.25, 0.3) is 5.56 Å². The number of pyridine rings is 1. The van der Waals surface area contributed by atoms with Crippen molar-refractivity contribution in [3.63, 3.8) is 0 Å². The first-order valence-corrected chi connectivity index (χ1v) is 7.51. The van der Waals surface area contributed by atoms with Gasteiger partial charge in [0, 0.05) is 21.9 Å². The molecule has 0 aliphatic rings. The standard InChI is InChI=1S/C16H15IN2O2/c1-11-7-13(10-21-2)15(8-18)16(20)19(11)9-12-3-5-14(17)6-4-12/h3-7H,9-10H2,1-2H3. The van der Waals surface area contributed by atoms with Gasteiger partial charge in [0.2, 0.25) is 0 Å². The lowest BCUT2D eigenvalue weighted by Gasteiger charge is -2.13. The summed E-state index contributed by atoms with van der Waals surface area (Å²) in [5.41, 5.74) is 2.39. The molecule has 2 rings (SSSR count). The second kappa shape index (κ2) is 6.87. The fourth-order valence-electron chi connectivity index (χ4n) is 2.19. The van der Waals surface area contributed by atoms with E-state index in [1.54, 1.807) is 11.7 Å². The molecule has 1 aromatic carbocycles. The molecule has 2 aromatic rings. The van der Waals surface area contributed by atoms with Crippen molar-refractivity contribution in [3.05, 3.63) is 66.6 Å². The number of nitrogens with zero attached hydrogens (tertiary/aromatic N) is 2. The van der Waals surface area contributed by atoms with Crippen LogP contribution in [0, 0.1) is 21.8 Å². The number of ether oxygens (including phenoxy) is 1. The lowest BCUT2D eigenvalue weighted by Crippen LogP contribution is -2.27. The van der Waals surface area contributed by atoms with Gasteiger partial charge < -0.3 is 9.30 Å². The van der Waals surface area contributed by atoms with Gasteiger partial charge in [-0.3, -0.25) is 4.79 Å². The van der Waals surface area contributed by atoms with Crippen LogP contribution in [0.25, 0.3) is 0 Å². The third-order valence-electron chi connectivity index (χ3n) is 3.25. The van der Waals surface area contributed by atoms with Gasteiger partial charge in [-0.15, -0.1) is 0 Å². The van der Waals surface area contributed by atoms with Gasteiger partial charge in [0.15, 0.2) is 0 Å². The predicted octanol–water partition coefficient (Wildman–Crippen LogP) is 2.83. The molecule has 0 atom stereocenters. The summed E-state index contributed by atoms with van der Waals surface area (Å²) < 4.78 is 7.82. The number of hydrogen-bond donors (Lipinski definition) is 0. The van der Waals surface area contributed by atoms with Crippen LogP contribution in [0.1, 0.15) is 22.4 Å². The van der Waals surface area contributed by atoms with Crippen LogP contribution < -0.4 is 5.56 Å². The zero-order chi connectivity index (χ0) is 15.4. The Kier molecular flexibility index (Phi) is 5.15. The molecule has 5 heteroatoms. The molecule has 0 radical (unpaired) electrons. The molecule has 21 heavy (non-hydrogen) atoms. The largest absolute Gasteiger partial charge is 0.380 e. The van der Waals surface area contributed by atoms with Crippen LogP contribution in [0.15, 0.2) is 35.1 Å². The third kappa shape index (κ3) is 3.52. The number of methoxy groups -OCH3 is 1. The maximum atomic E-state index is 12.5. The zero-order valence-corrected chi connectivity index (χ0v) is 14.0. The molecule has 0 amide bonds. The van der Waals surface area contributed by atoms with Gasteiger partial charge in [-0.25, -0.2) is 0 Å². The van der Waals surface area contributed by atoms with Crippen molar-refractivity contribution in [2.75, 3.05) is 7.11 Å². The summed E-state index contributed by atoms with van der Waals surface area (Å²) in [4.78, 5) is 12.5. The summed E-state index contributed by atoms with van der Waals surface area (Å²) in [6.07, 6.45) is 0. The van der Waals surface area contributed by atoms with E-state index in [2.05, 4.69) is 22.6 Å². The molecule has 0 aliphatic heterocycles. The van der Waals surface area contributed by atoms with Gasteiger partial charge in [-0.2, -0.15) is 5.26 Å². The Morgan fingerprint density at radius 2 is 2.00 bits per heavy atom. The lowest BCUT2D eigenvalue weighted by molar-refractivity contribution is 0.184. The van der Waals surface area contributed by atoms with E-state index in [0.29, 0.717) is 12.1 Å². The molecule has 0 saturated heterocycles. The van der Waals surface area contributed by atoms with Crippen molar-refractivity contribution in [1.82, 2.24) is 4.57 Å². The molecule has 0 saturated carbocycles. The maximum absolute atomic E-state index is 12.5. The van der Waals surface area contributed by atoms with Crippen LogP contribution in [0.3, 0.4) is 0 Å². The van der Waals surface area contributed by atoms with Crippen LogP contribution >= 0.6 is 22.6 Å². The number of rotatable bonds is 4. The molecule has 108 valence electrons. The summed E-state index contributed by atoms with van der Waals surface area (Å²) in [7, 11) is 1.55. The van der Waals surface area contributed by atoms with Gasteiger partial charge in [-0.05, 0) is 53.3 Å². The highest BCUT2D eigenvalue weighted by atomic mass is 127. The van der Waals surface area contributed by atoms with Gasteiger partial charge >= 0.3 is 0 Å². The smallest absolute Gasteiger partial charge is 0.269 e. The number of halogens is 1. The van der Waals surface area contributed by atoms with Crippen LogP contribution in [0.4, 0.5) is 0 Å². The lowest BCUT2D eigenvalue weighted by atomic mass is 10.1. The highest BCUT2D eigenvalue weighted by molar-refractivity contribution is 14.1. The van der Waals surface area contributed by atoms with E-state index in [1.165, 1.54) is 0 Å². The van der Waals surface area contributed by atoms with E-state index < -0.39 is 0 Å². The van der Waals surface area contributed by atoms with Crippen molar-refractivity contribution in [2.24, 2.45) is 0 Å². The normalized spacial score (nSPS) is 10.4. The fraction of sp³-hybridized carbons (Fsp3) is 0.250. The van der Waals surface area contributed by atoms with Crippen molar-refractivity contribution >= 4 is 22.6 Å². The van der Waals surface area contributed by atoms with E-state index >= 15 is 0 Å². The Morgan fingerprint density at radius 1 is 1.33 bits per heavy atom. The quantitative estimate of drug-likeness (QED) is 0.750. The fourth-order valence-corrected chi connectivity index (χ4v) is 2.55. The van der Waals surface area contributed by atoms with Crippen molar-refractivity contribution in [2.45, 2.75) is 20.1 Å². The van der Waals surface area contributed by atoms with Crippen LogP contribution in [0.2, 0.25) is 0 Å². The number of aryl methyl sites for hydroxylation is 1. The molecule has 0 unspecified atom stereocenters. The van der Waals surface area contributed by atoms with Crippen molar-refractivity contribution < 1.29 is 4.74 Å². The molecular formula is C16H15IN2O2. The Labute approximate surface area is 137 Å². The SMILES string of the molecule is COCc1cc(C)n(Cc2ccc(I)cc2)c(=O)c1C#N. The minimum absolute atomic E-state index is 0.160. The molecule has 0 fully saturated rings. The molecule has 0 bridgehead atoms. The second-order valence-corrected chi connectivity index (χ2v) is 5.99. The molecule has 0 N–H and O–H groups in total.